The SMILES string of the molecule is CCN(CC)Cc1ccc(CNC(=O)[C@H]2Oc3ccccc3O[C@@H]2C)cc1. The summed E-state index contributed by atoms with van der Waals surface area (Å²) in [5.74, 6) is 1.12. The Morgan fingerprint density at radius 2 is 1.56 bits per heavy atom. The molecule has 5 nitrogen and oxygen atoms in total. The van der Waals surface area contributed by atoms with Crippen molar-refractivity contribution in [2.45, 2.75) is 46.1 Å². The van der Waals surface area contributed by atoms with Gasteiger partial charge < -0.3 is 14.8 Å². The summed E-state index contributed by atoms with van der Waals surface area (Å²) >= 11 is 0. The van der Waals surface area contributed by atoms with Gasteiger partial charge in [0, 0.05) is 13.1 Å². The maximum atomic E-state index is 12.6. The molecule has 0 aliphatic carbocycles. The fraction of sp³-hybridized carbons (Fsp3) is 0.409. The van der Waals surface area contributed by atoms with Crippen LogP contribution >= 0.6 is 0 Å². The Hall–Kier alpha value is -2.53. The first-order valence-electron chi connectivity index (χ1n) is 9.61. The normalized spacial score (nSPS) is 18.4. The number of para-hydroxylation sites is 2. The maximum Gasteiger partial charge on any atom is 0.265 e. The molecule has 3 rings (SSSR count). The summed E-state index contributed by atoms with van der Waals surface area (Å²) in [5.41, 5.74) is 2.35. The van der Waals surface area contributed by atoms with Gasteiger partial charge in [0.1, 0.15) is 6.10 Å². The smallest absolute Gasteiger partial charge is 0.265 e. The largest absolute Gasteiger partial charge is 0.482 e. The lowest BCUT2D eigenvalue weighted by Crippen LogP contribution is -2.48. The van der Waals surface area contributed by atoms with Crippen molar-refractivity contribution in [3.05, 3.63) is 59.7 Å². The third-order valence-corrected chi connectivity index (χ3v) is 4.89. The van der Waals surface area contributed by atoms with Crippen molar-refractivity contribution in [3.63, 3.8) is 0 Å². The van der Waals surface area contributed by atoms with Gasteiger partial charge in [0.25, 0.3) is 5.91 Å². The maximum absolute atomic E-state index is 12.6. The molecule has 1 aliphatic rings. The van der Waals surface area contributed by atoms with Crippen LogP contribution in [0.5, 0.6) is 11.5 Å². The monoisotopic (exact) mass is 368 g/mol. The molecular formula is C22H28N2O3. The third-order valence-electron chi connectivity index (χ3n) is 4.89. The van der Waals surface area contributed by atoms with E-state index in [-0.39, 0.29) is 12.0 Å². The predicted molar refractivity (Wildman–Crippen MR) is 106 cm³/mol. The van der Waals surface area contributed by atoms with Crippen LogP contribution in [0.2, 0.25) is 0 Å². The minimum Gasteiger partial charge on any atom is -0.482 e. The number of rotatable bonds is 7. The fourth-order valence-electron chi connectivity index (χ4n) is 3.16. The number of ether oxygens (including phenoxy) is 2. The number of nitrogens with zero attached hydrogens (tertiary/aromatic N) is 1. The highest BCUT2D eigenvalue weighted by Crippen LogP contribution is 2.33. The summed E-state index contributed by atoms with van der Waals surface area (Å²) in [6.07, 6.45) is -0.988. The zero-order chi connectivity index (χ0) is 19.2. The van der Waals surface area contributed by atoms with Crippen LogP contribution in [0.3, 0.4) is 0 Å². The summed E-state index contributed by atoms with van der Waals surface area (Å²) in [5, 5.41) is 2.96. The number of carbonyl (C=O) groups excluding carboxylic acids is 1. The summed E-state index contributed by atoms with van der Waals surface area (Å²) in [6.45, 7) is 9.69. The van der Waals surface area contributed by atoms with Crippen LogP contribution in [-0.2, 0) is 17.9 Å². The van der Waals surface area contributed by atoms with Gasteiger partial charge in [0.15, 0.2) is 11.5 Å². The zero-order valence-electron chi connectivity index (χ0n) is 16.3. The van der Waals surface area contributed by atoms with Crippen LogP contribution in [0.1, 0.15) is 31.9 Å². The van der Waals surface area contributed by atoms with E-state index in [1.54, 1.807) is 0 Å². The van der Waals surface area contributed by atoms with Crippen molar-refractivity contribution in [1.82, 2.24) is 10.2 Å². The van der Waals surface area contributed by atoms with Crippen molar-refractivity contribution in [2.24, 2.45) is 0 Å². The molecule has 5 heteroatoms. The van der Waals surface area contributed by atoms with Gasteiger partial charge in [-0.1, -0.05) is 50.2 Å². The molecule has 0 spiro atoms. The molecule has 2 aromatic carbocycles. The lowest BCUT2D eigenvalue weighted by molar-refractivity contribution is -0.133. The minimum absolute atomic E-state index is 0.163. The van der Waals surface area contributed by atoms with Gasteiger partial charge in [-0.3, -0.25) is 9.69 Å². The van der Waals surface area contributed by atoms with Crippen molar-refractivity contribution < 1.29 is 14.3 Å². The van der Waals surface area contributed by atoms with E-state index in [1.807, 2.05) is 31.2 Å². The molecule has 2 aromatic rings. The molecule has 0 radical (unpaired) electrons. The van der Waals surface area contributed by atoms with E-state index in [0.29, 0.717) is 18.0 Å². The molecule has 0 unspecified atom stereocenters. The van der Waals surface area contributed by atoms with Crippen LogP contribution in [0.25, 0.3) is 0 Å². The molecular weight excluding hydrogens is 340 g/mol. The van der Waals surface area contributed by atoms with Gasteiger partial charge in [-0.2, -0.15) is 0 Å². The van der Waals surface area contributed by atoms with Gasteiger partial charge in [0.05, 0.1) is 0 Å². The highest BCUT2D eigenvalue weighted by atomic mass is 16.6. The van der Waals surface area contributed by atoms with Crippen LogP contribution in [0.4, 0.5) is 0 Å². The molecule has 1 amide bonds. The number of amides is 1. The quantitative estimate of drug-likeness (QED) is 0.814. The van der Waals surface area contributed by atoms with Crippen LogP contribution < -0.4 is 14.8 Å². The van der Waals surface area contributed by atoms with Crippen molar-refractivity contribution in [3.8, 4) is 11.5 Å². The fourth-order valence-corrected chi connectivity index (χ4v) is 3.16. The predicted octanol–water partition coefficient (Wildman–Crippen LogP) is 3.37. The van der Waals surface area contributed by atoms with E-state index >= 15 is 0 Å². The number of carbonyl (C=O) groups is 1. The molecule has 0 aromatic heterocycles. The Morgan fingerprint density at radius 3 is 2.19 bits per heavy atom. The van der Waals surface area contributed by atoms with Crippen molar-refractivity contribution in [2.75, 3.05) is 13.1 Å². The molecule has 0 saturated heterocycles. The summed E-state index contributed by atoms with van der Waals surface area (Å²) in [6, 6.07) is 15.8. The second-order valence-corrected chi connectivity index (χ2v) is 6.80. The van der Waals surface area contributed by atoms with E-state index in [2.05, 4.69) is 48.3 Å². The topological polar surface area (TPSA) is 50.8 Å². The highest BCUT2D eigenvalue weighted by Gasteiger charge is 2.33. The molecule has 1 heterocycles. The highest BCUT2D eigenvalue weighted by molar-refractivity contribution is 5.82. The average Bonchev–Trinajstić information content (AvgIpc) is 2.70. The molecule has 27 heavy (non-hydrogen) atoms. The van der Waals surface area contributed by atoms with E-state index in [4.69, 9.17) is 9.47 Å². The van der Waals surface area contributed by atoms with E-state index in [0.717, 1.165) is 25.2 Å². The second-order valence-electron chi connectivity index (χ2n) is 6.80. The first-order valence-corrected chi connectivity index (χ1v) is 9.61. The van der Waals surface area contributed by atoms with E-state index in [1.165, 1.54) is 5.56 Å². The lowest BCUT2D eigenvalue weighted by atomic mass is 10.1. The zero-order valence-corrected chi connectivity index (χ0v) is 16.3. The van der Waals surface area contributed by atoms with Gasteiger partial charge >= 0.3 is 0 Å². The van der Waals surface area contributed by atoms with Gasteiger partial charge in [0.2, 0.25) is 6.10 Å². The standard InChI is InChI=1S/C22H28N2O3/c1-4-24(5-2)15-18-12-10-17(11-13-18)14-23-22(25)21-16(3)26-19-8-6-7-9-20(19)27-21/h6-13,16,21H,4-5,14-15H2,1-3H3,(H,23,25)/t16-,21+/m1/s1. The number of fused-ring (bicyclic) bond motifs is 1. The van der Waals surface area contributed by atoms with E-state index < -0.39 is 6.10 Å². The van der Waals surface area contributed by atoms with Crippen molar-refractivity contribution >= 4 is 5.91 Å². The molecule has 0 bridgehead atoms. The minimum atomic E-state index is -0.651. The van der Waals surface area contributed by atoms with E-state index in [9.17, 15) is 4.79 Å². The molecule has 0 fully saturated rings. The Kier molecular flexibility index (Phi) is 6.35. The summed E-state index contributed by atoms with van der Waals surface area (Å²) in [7, 11) is 0. The molecule has 1 N–H and O–H groups in total. The third kappa shape index (κ3) is 4.80. The van der Waals surface area contributed by atoms with Gasteiger partial charge in [-0.25, -0.2) is 0 Å². The summed E-state index contributed by atoms with van der Waals surface area (Å²) < 4.78 is 11.6. The first kappa shape index (κ1) is 19.2. The van der Waals surface area contributed by atoms with Crippen LogP contribution in [0.15, 0.2) is 48.5 Å². The molecule has 1 aliphatic heterocycles. The van der Waals surface area contributed by atoms with Gasteiger partial charge in [-0.15, -0.1) is 0 Å². The van der Waals surface area contributed by atoms with Crippen LogP contribution in [-0.4, -0.2) is 36.1 Å². The van der Waals surface area contributed by atoms with Gasteiger partial charge in [-0.05, 0) is 43.3 Å². The average molecular weight is 368 g/mol. The Balaban J connectivity index is 1.55. The van der Waals surface area contributed by atoms with Crippen LogP contribution in [0, 0.1) is 0 Å². The molecule has 0 saturated carbocycles. The Morgan fingerprint density at radius 1 is 0.963 bits per heavy atom. The van der Waals surface area contributed by atoms with Crippen molar-refractivity contribution in [1.29, 1.82) is 0 Å². The molecule has 144 valence electrons. The number of hydrogen-bond acceptors (Lipinski definition) is 4. The Bertz CT molecular complexity index is 756. The second kappa shape index (κ2) is 8.91. The number of benzene rings is 2. The number of nitrogens with one attached hydrogen (secondary N) is 1. The lowest BCUT2D eigenvalue weighted by Gasteiger charge is -2.31. The Labute approximate surface area is 161 Å². The number of hydrogen-bond donors (Lipinski definition) is 1. The first-order chi connectivity index (χ1) is 13.1. The molecule has 2 atom stereocenters. The summed E-state index contributed by atoms with van der Waals surface area (Å²) in [4.78, 5) is 14.9.